The monoisotopic (exact) mass is 490 g/mol. The lowest BCUT2D eigenvalue weighted by molar-refractivity contribution is -0.117. The summed E-state index contributed by atoms with van der Waals surface area (Å²) in [6.45, 7) is 1.04. The van der Waals surface area contributed by atoms with Crippen molar-refractivity contribution in [2.45, 2.75) is 30.3 Å². The van der Waals surface area contributed by atoms with E-state index in [2.05, 4.69) is 5.32 Å². The highest BCUT2D eigenvalue weighted by molar-refractivity contribution is 7.90. The van der Waals surface area contributed by atoms with Crippen LogP contribution >= 0.6 is 0 Å². The summed E-state index contributed by atoms with van der Waals surface area (Å²) in [5.41, 5.74) is 4.21. The van der Waals surface area contributed by atoms with E-state index in [1.165, 1.54) is 6.26 Å². The topological polar surface area (TPSA) is 92.8 Å². The standard InChI is InChI=1S/C27H26N2O5S/c1-35(32,33)24-10-7-18(8-11-24)19-9-12-25-21(14-19)16-23(34-25)17-28-27(31)20-4-2-5-22(15-20)29-13-3-6-26(29)30/h2,4-5,7-12,14-15,23H,3,6,13,16-17H2,1H3,(H,28,31)/t23-/m1/s1. The number of rotatable bonds is 6. The molecule has 0 spiro atoms. The van der Waals surface area contributed by atoms with Gasteiger partial charge in [-0.2, -0.15) is 0 Å². The van der Waals surface area contributed by atoms with Gasteiger partial charge in [0.15, 0.2) is 9.84 Å². The van der Waals surface area contributed by atoms with Crippen LogP contribution in [0, 0.1) is 0 Å². The zero-order valence-electron chi connectivity index (χ0n) is 19.4. The third kappa shape index (κ3) is 4.93. The summed E-state index contributed by atoms with van der Waals surface area (Å²) >= 11 is 0. The number of carbonyl (C=O) groups is 2. The van der Waals surface area contributed by atoms with Crippen LogP contribution < -0.4 is 15.0 Å². The van der Waals surface area contributed by atoms with Gasteiger partial charge in [-0.15, -0.1) is 0 Å². The van der Waals surface area contributed by atoms with Gasteiger partial charge in [0.25, 0.3) is 5.91 Å². The van der Waals surface area contributed by atoms with Gasteiger partial charge in [-0.3, -0.25) is 9.59 Å². The minimum absolute atomic E-state index is 0.0883. The highest BCUT2D eigenvalue weighted by Gasteiger charge is 2.25. The van der Waals surface area contributed by atoms with Crippen molar-refractivity contribution in [2.24, 2.45) is 0 Å². The molecule has 0 aromatic heterocycles. The Morgan fingerprint density at radius 1 is 1.06 bits per heavy atom. The second-order valence-corrected chi connectivity index (χ2v) is 11.0. The Hall–Kier alpha value is -3.65. The first-order valence-corrected chi connectivity index (χ1v) is 13.5. The number of fused-ring (bicyclic) bond motifs is 1. The van der Waals surface area contributed by atoms with Crippen molar-refractivity contribution < 1.29 is 22.7 Å². The Balaban J connectivity index is 1.21. The van der Waals surface area contributed by atoms with Gasteiger partial charge in [-0.05, 0) is 65.6 Å². The van der Waals surface area contributed by atoms with Gasteiger partial charge in [0.05, 0.1) is 11.4 Å². The molecule has 3 aromatic carbocycles. The lowest BCUT2D eigenvalue weighted by Gasteiger charge is -2.17. The zero-order chi connectivity index (χ0) is 24.6. The molecule has 2 aliphatic rings. The minimum atomic E-state index is -3.23. The van der Waals surface area contributed by atoms with Crippen molar-refractivity contribution in [2.75, 3.05) is 24.2 Å². The normalized spacial score (nSPS) is 17.2. The van der Waals surface area contributed by atoms with Crippen LogP contribution in [-0.2, 0) is 21.1 Å². The fourth-order valence-electron chi connectivity index (χ4n) is 4.55. The summed E-state index contributed by atoms with van der Waals surface area (Å²) in [7, 11) is -3.23. The second kappa shape index (κ2) is 9.19. The van der Waals surface area contributed by atoms with E-state index in [-0.39, 0.29) is 17.9 Å². The van der Waals surface area contributed by atoms with Crippen molar-refractivity contribution >= 4 is 27.3 Å². The van der Waals surface area contributed by atoms with Crippen LogP contribution in [0.1, 0.15) is 28.8 Å². The van der Waals surface area contributed by atoms with E-state index in [1.807, 2.05) is 24.3 Å². The molecule has 1 saturated heterocycles. The zero-order valence-corrected chi connectivity index (χ0v) is 20.2. The molecule has 1 N–H and O–H groups in total. The smallest absolute Gasteiger partial charge is 0.251 e. The first kappa shape index (κ1) is 23.1. The van der Waals surface area contributed by atoms with Crippen molar-refractivity contribution in [3.05, 3.63) is 77.9 Å². The van der Waals surface area contributed by atoms with E-state index in [1.54, 1.807) is 47.4 Å². The SMILES string of the molecule is CS(=O)(=O)c1ccc(-c2ccc3c(c2)C[C@H](CNC(=O)c2cccc(N4CCCC4=O)c2)O3)cc1. The molecule has 7 nitrogen and oxygen atoms in total. The Kier molecular flexibility index (Phi) is 6.06. The quantitative estimate of drug-likeness (QED) is 0.570. The Bertz CT molecular complexity index is 1400. The van der Waals surface area contributed by atoms with E-state index in [9.17, 15) is 18.0 Å². The van der Waals surface area contributed by atoms with Crippen LogP contribution in [0.15, 0.2) is 71.6 Å². The highest BCUT2D eigenvalue weighted by atomic mass is 32.2. The van der Waals surface area contributed by atoms with Crippen LogP contribution in [-0.4, -0.2) is 45.7 Å². The first-order chi connectivity index (χ1) is 16.8. The molecule has 0 saturated carbocycles. The molecule has 0 bridgehead atoms. The number of amides is 2. The molecule has 8 heteroatoms. The summed E-state index contributed by atoms with van der Waals surface area (Å²) in [6.07, 6.45) is 3.05. The molecule has 1 fully saturated rings. The average molecular weight is 491 g/mol. The van der Waals surface area contributed by atoms with Crippen molar-refractivity contribution in [1.29, 1.82) is 0 Å². The molecule has 2 aliphatic heterocycles. The molecule has 0 radical (unpaired) electrons. The second-order valence-electron chi connectivity index (χ2n) is 8.97. The molecule has 2 heterocycles. The number of benzene rings is 3. The average Bonchev–Trinajstić information content (AvgIpc) is 3.47. The number of ether oxygens (including phenoxy) is 1. The Labute approximate surface area is 204 Å². The van der Waals surface area contributed by atoms with Crippen LogP contribution in [0.25, 0.3) is 11.1 Å². The van der Waals surface area contributed by atoms with E-state index in [0.717, 1.165) is 34.5 Å². The number of carbonyl (C=O) groups excluding carboxylic acids is 2. The van der Waals surface area contributed by atoms with Crippen LogP contribution in [0.3, 0.4) is 0 Å². The van der Waals surface area contributed by atoms with Gasteiger partial charge in [0, 0.05) is 36.9 Å². The summed E-state index contributed by atoms with van der Waals surface area (Å²) in [4.78, 5) is 26.8. The third-order valence-corrected chi connectivity index (χ3v) is 7.53. The van der Waals surface area contributed by atoms with Gasteiger partial charge in [-0.25, -0.2) is 8.42 Å². The van der Waals surface area contributed by atoms with E-state index < -0.39 is 9.84 Å². The highest BCUT2D eigenvalue weighted by Crippen LogP contribution is 2.33. The maximum absolute atomic E-state index is 12.7. The fraction of sp³-hybridized carbons (Fsp3) is 0.259. The van der Waals surface area contributed by atoms with E-state index in [0.29, 0.717) is 36.4 Å². The number of nitrogens with one attached hydrogen (secondary N) is 1. The lowest BCUT2D eigenvalue weighted by Crippen LogP contribution is -2.34. The minimum Gasteiger partial charge on any atom is -0.488 e. The molecule has 180 valence electrons. The Morgan fingerprint density at radius 3 is 2.54 bits per heavy atom. The molecule has 2 amide bonds. The van der Waals surface area contributed by atoms with Crippen LogP contribution in [0.5, 0.6) is 5.75 Å². The van der Waals surface area contributed by atoms with E-state index >= 15 is 0 Å². The number of sulfone groups is 1. The first-order valence-electron chi connectivity index (χ1n) is 11.6. The molecule has 5 rings (SSSR count). The molecule has 0 unspecified atom stereocenters. The van der Waals surface area contributed by atoms with Crippen molar-refractivity contribution in [3.8, 4) is 16.9 Å². The molecule has 35 heavy (non-hydrogen) atoms. The summed E-state index contributed by atoms with van der Waals surface area (Å²) in [5, 5.41) is 2.95. The summed E-state index contributed by atoms with van der Waals surface area (Å²) < 4.78 is 29.4. The number of hydrogen-bond donors (Lipinski definition) is 1. The summed E-state index contributed by atoms with van der Waals surface area (Å²) in [5.74, 6) is 0.672. The van der Waals surface area contributed by atoms with Crippen molar-refractivity contribution in [3.63, 3.8) is 0 Å². The maximum atomic E-state index is 12.7. The third-order valence-electron chi connectivity index (χ3n) is 6.40. The van der Waals surface area contributed by atoms with Gasteiger partial charge in [-0.1, -0.05) is 24.3 Å². The van der Waals surface area contributed by atoms with Gasteiger partial charge >= 0.3 is 0 Å². The van der Waals surface area contributed by atoms with Gasteiger partial charge in [0.2, 0.25) is 5.91 Å². The predicted molar refractivity (Wildman–Crippen MR) is 133 cm³/mol. The van der Waals surface area contributed by atoms with Crippen molar-refractivity contribution in [1.82, 2.24) is 5.32 Å². The summed E-state index contributed by atoms with van der Waals surface area (Å²) in [6, 6.07) is 19.9. The molecular formula is C27H26N2O5S. The number of hydrogen-bond acceptors (Lipinski definition) is 5. The number of anilines is 1. The maximum Gasteiger partial charge on any atom is 0.251 e. The largest absolute Gasteiger partial charge is 0.488 e. The lowest BCUT2D eigenvalue weighted by atomic mass is 10.0. The molecular weight excluding hydrogens is 464 g/mol. The fourth-order valence-corrected chi connectivity index (χ4v) is 5.18. The molecule has 1 atom stereocenters. The van der Waals surface area contributed by atoms with Gasteiger partial charge in [0.1, 0.15) is 11.9 Å². The van der Waals surface area contributed by atoms with E-state index in [4.69, 9.17) is 4.74 Å². The number of nitrogens with zero attached hydrogens (tertiary/aromatic N) is 1. The molecule has 0 aliphatic carbocycles. The Morgan fingerprint density at radius 2 is 1.83 bits per heavy atom. The van der Waals surface area contributed by atoms with Gasteiger partial charge < -0.3 is 15.0 Å². The van der Waals surface area contributed by atoms with Crippen LogP contribution in [0.2, 0.25) is 0 Å². The molecule has 3 aromatic rings. The predicted octanol–water partition coefficient (Wildman–Crippen LogP) is 3.62. The van der Waals surface area contributed by atoms with Crippen LogP contribution in [0.4, 0.5) is 5.69 Å².